The van der Waals surface area contributed by atoms with E-state index in [1.54, 1.807) is 6.07 Å². The Labute approximate surface area is 116 Å². The van der Waals surface area contributed by atoms with E-state index >= 15 is 0 Å². The number of halogens is 2. The van der Waals surface area contributed by atoms with Crippen LogP contribution in [-0.2, 0) is 6.42 Å². The second kappa shape index (κ2) is 5.66. The maximum absolute atomic E-state index is 13.6. The molecule has 2 heteroatoms. The van der Waals surface area contributed by atoms with Crippen molar-refractivity contribution in [2.75, 3.05) is 0 Å². The fourth-order valence-corrected chi connectivity index (χ4v) is 3.01. The smallest absolute Gasteiger partial charge is 0.126 e. The van der Waals surface area contributed by atoms with Crippen molar-refractivity contribution in [2.45, 2.75) is 25.1 Å². The molecule has 0 aliphatic carbocycles. The van der Waals surface area contributed by atoms with E-state index in [2.05, 4.69) is 48.0 Å². The Morgan fingerprint density at radius 1 is 1.11 bits per heavy atom. The monoisotopic (exact) mass is 306 g/mol. The maximum Gasteiger partial charge on any atom is 0.126 e. The molecular formula is C16H16BrF. The zero-order valence-corrected chi connectivity index (χ0v) is 12.2. The normalized spacial score (nSPS) is 12.4. The van der Waals surface area contributed by atoms with Gasteiger partial charge in [-0.05, 0) is 43.0 Å². The molecule has 0 amide bonds. The molecule has 2 aromatic carbocycles. The summed E-state index contributed by atoms with van der Waals surface area (Å²) in [5.74, 6) is -0.133. The van der Waals surface area contributed by atoms with Gasteiger partial charge in [-0.1, -0.05) is 57.9 Å². The molecule has 0 aliphatic heterocycles. The van der Waals surface area contributed by atoms with Crippen molar-refractivity contribution in [2.24, 2.45) is 0 Å². The van der Waals surface area contributed by atoms with Gasteiger partial charge in [0.2, 0.25) is 0 Å². The van der Waals surface area contributed by atoms with Crippen molar-refractivity contribution in [3.8, 4) is 0 Å². The van der Waals surface area contributed by atoms with Gasteiger partial charge in [0.1, 0.15) is 5.82 Å². The zero-order chi connectivity index (χ0) is 13.1. The first-order chi connectivity index (χ1) is 8.58. The predicted molar refractivity (Wildman–Crippen MR) is 77.7 cm³/mol. The van der Waals surface area contributed by atoms with Gasteiger partial charge in [-0.2, -0.15) is 0 Å². The number of rotatable bonds is 3. The number of hydrogen-bond acceptors (Lipinski definition) is 0. The minimum Gasteiger partial charge on any atom is -0.207 e. The van der Waals surface area contributed by atoms with Crippen LogP contribution in [-0.4, -0.2) is 0 Å². The molecule has 18 heavy (non-hydrogen) atoms. The number of aryl methyl sites for hydroxylation is 2. The van der Waals surface area contributed by atoms with Crippen molar-refractivity contribution in [3.05, 3.63) is 70.5 Å². The summed E-state index contributed by atoms with van der Waals surface area (Å²) in [6.07, 6.45) is 0.663. The van der Waals surface area contributed by atoms with Gasteiger partial charge < -0.3 is 0 Å². The first kappa shape index (κ1) is 13.3. The third-order valence-electron chi connectivity index (χ3n) is 3.12. The molecule has 1 atom stereocenters. The van der Waals surface area contributed by atoms with E-state index in [9.17, 15) is 4.39 Å². The molecule has 1 unspecified atom stereocenters. The molecule has 94 valence electrons. The second-order valence-corrected chi connectivity index (χ2v) is 5.73. The van der Waals surface area contributed by atoms with E-state index in [4.69, 9.17) is 0 Å². The van der Waals surface area contributed by atoms with Crippen LogP contribution >= 0.6 is 15.9 Å². The molecule has 0 bridgehead atoms. The van der Waals surface area contributed by atoms with Crippen LogP contribution in [0, 0.1) is 19.7 Å². The van der Waals surface area contributed by atoms with Crippen molar-refractivity contribution < 1.29 is 4.39 Å². The molecule has 0 spiro atoms. The molecule has 0 N–H and O–H groups in total. The largest absolute Gasteiger partial charge is 0.207 e. The number of alkyl halides is 1. The Hall–Kier alpha value is -1.15. The lowest BCUT2D eigenvalue weighted by Gasteiger charge is -2.14. The van der Waals surface area contributed by atoms with Gasteiger partial charge in [-0.25, -0.2) is 4.39 Å². The first-order valence-corrected chi connectivity index (χ1v) is 6.94. The third kappa shape index (κ3) is 2.99. The van der Waals surface area contributed by atoms with Gasteiger partial charge in [0.05, 0.1) is 0 Å². The summed E-state index contributed by atoms with van der Waals surface area (Å²) in [5, 5.41) is 0. The zero-order valence-electron chi connectivity index (χ0n) is 10.6. The van der Waals surface area contributed by atoms with Gasteiger partial charge in [-0.3, -0.25) is 0 Å². The lowest BCUT2D eigenvalue weighted by molar-refractivity contribution is 0.608. The summed E-state index contributed by atoms with van der Waals surface area (Å²) in [7, 11) is 0. The molecule has 0 nitrogen and oxygen atoms in total. The molecule has 0 fully saturated rings. The van der Waals surface area contributed by atoms with Crippen LogP contribution in [0.5, 0.6) is 0 Å². The van der Waals surface area contributed by atoms with E-state index in [0.717, 1.165) is 5.56 Å². The van der Waals surface area contributed by atoms with E-state index < -0.39 is 0 Å². The second-order valence-electron chi connectivity index (χ2n) is 4.62. The van der Waals surface area contributed by atoms with E-state index in [-0.39, 0.29) is 10.6 Å². The summed E-state index contributed by atoms with van der Waals surface area (Å²) in [6, 6.07) is 13.3. The fourth-order valence-electron chi connectivity index (χ4n) is 2.14. The minimum absolute atomic E-state index is 0.133. The quantitative estimate of drug-likeness (QED) is 0.690. The van der Waals surface area contributed by atoms with Crippen LogP contribution in [0.25, 0.3) is 0 Å². The Bertz CT molecular complexity index is 549. The molecule has 0 aromatic heterocycles. The minimum atomic E-state index is -0.133. The average Bonchev–Trinajstić information content (AvgIpc) is 2.32. The standard InChI is InChI=1S/C16H16BrF/c1-11-7-8-14(12(2)9-11)15(17)10-13-5-3-4-6-16(13)18/h3-9,15H,10H2,1-2H3. The summed E-state index contributed by atoms with van der Waals surface area (Å²) in [6.45, 7) is 4.18. The lowest BCUT2D eigenvalue weighted by Crippen LogP contribution is -2.00. The third-order valence-corrected chi connectivity index (χ3v) is 3.94. The van der Waals surface area contributed by atoms with E-state index in [1.807, 2.05) is 12.1 Å². The predicted octanol–water partition coefficient (Wildman–Crippen LogP) is 5.12. The van der Waals surface area contributed by atoms with Gasteiger partial charge in [0.25, 0.3) is 0 Å². The Morgan fingerprint density at radius 3 is 2.50 bits per heavy atom. The molecule has 0 aliphatic rings. The highest BCUT2D eigenvalue weighted by Gasteiger charge is 2.13. The average molecular weight is 307 g/mol. The molecule has 0 heterocycles. The molecular weight excluding hydrogens is 291 g/mol. The van der Waals surface area contributed by atoms with Crippen molar-refractivity contribution >= 4 is 15.9 Å². The Morgan fingerprint density at radius 2 is 1.83 bits per heavy atom. The van der Waals surface area contributed by atoms with Crippen LogP contribution in [0.3, 0.4) is 0 Å². The Kier molecular flexibility index (Phi) is 4.18. The van der Waals surface area contributed by atoms with Gasteiger partial charge in [0.15, 0.2) is 0 Å². The number of benzene rings is 2. The van der Waals surface area contributed by atoms with Crippen molar-refractivity contribution in [1.82, 2.24) is 0 Å². The highest BCUT2D eigenvalue weighted by molar-refractivity contribution is 9.09. The van der Waals surface area contributed by atoms with Crippen LogP contribution in [0.1, 0.15) is 27.1 Å². The van der Waals surface area contributed by atoms with Gasteiger partial charge in [-0.15, -0.1) is 0 Å². The molecule has 2 rings (SSSR count). The van der Waals surface area contributed by atoms with Crippen LogP contribution < -0.4 is 0 Å². The lowest BCUT2D eigenvalue weighted by atomic mass is 9.99. The van der Waals surface area contributed by atoms with Crippen molar-refractivity contribution in [1.29, 1.82) is 0 Å². The van der Waals surface area contributed by atoms with Gasteiger partial charge >= 0.3 is 0 Å². The van der Waals surface area contributed by atoms with E-state index in [0.29, 0.717) is 6.42 Å². The van der Waals surface area contributed by atoms with Crippen LogP contribution in [0.15, 0.2) is 42.5 Å². The summed E-state index contributed by atoms with van der Waals surface area (Å²) in [4.78, 5) is 0.148. The number of hydrogen-bond donors (Lipinski definition) is 0. The molecule has 0 radical (unpaired) electrons. The molecule has 2 aromatic rings. The Balaban J connectivity index is 2.22. The van der Waals surface area contributed by atoms with Crippen molar-refractivity contribution in [3.63, 3.8) is 0 Å². The summed E-state index contributed by atoms with van der Waals surface area (Å²) >= 11 is 3.67. The maximum atomic E-state index is 13.6. The topological polar surface area (TPSA) is 0 Å². The van der Waals surface area contributed by atoms with Crippen LogP contribution in [0.2, 0.25) is 0 Å². The SMILES string of the molecule is Cc1ccc(C(Br)Cc2ccccc2F)c(C)c1. The van der Waals surface area contributed by atoms with E-state index in [1.165, 1.54) is 22.8 Å². The summed E-state index contributed by atoms with van der Waals surface area (Å²) < 4.78 is 13.6. The highest BCUT2D eigenvalue weighted by atomic mass is 79.9. The summed E-state index contributed by atoms with van der Waals surface area (Å²) in [5.41, 5.74) is 4.47. The fraction of sp³-hybridized carbons (Fsp3) is 0.250. The molecule has 0 saturated carbocycles. The van der Waals surface area contributed by atoms with Crippen LogP contribution in [0.4, 0.5) is 4.39 Å². The van der Waals surface area contributed by atoms with Gasteiger partial charge in [0, 0.05) is 4.83 Å². The first-order valence-electron chi connectivity index (χ1n) is 6.02. The molecule has 0 saturated heterocycles. The highest BCUT2D eigenvalue weighted by Crippen LogP contribution is 2.30.